The summed E-state index contributed by atoms with van der Waals surface area (Å²) in [6.07, 6.45) is 1.80. The number of pyridine rings is 1. The van der Waals surface area contributed by atoms with Crippen LogP contribution in [0.15, 0.2) is 70.8 Å². The third-order valence-electron chi connectivity index (χ3n) is 5.37. The highest BCUT2D eigenvalue weighted by Crippen LogP contribution is 2.28. The normalized spacial score (nSPS) is 17.7. The standard InChI is InChI=1S/C23H22N4/c1-16-13-27(14-16)15-17-9-10-20(19-7-3-2-6-18(17)19)23-25-12-22(26-23)21-8-4-5-11-24-21/h2-11,16H,12-15H2,1H3. The molecule has 1 fully saturated rings. The predicted octanol–water partition coefficient (Wildman–Crippen LogP) is 3.94. The van der Waals surface area contributed by atoms with Crippen LogP contribution in [0, 0.1) is 5.92 Å². The predicted molar refractivity (Wildman–Crippen MR) is 111 cm³/mol. The van der Waals surface area contributed by atoms with Crippen molar-refractivity contribution in [2.45, 2.75) is 13.5 Å². The van der Waals surface area contributed by atoms with Crippen LogP contribution in [-0.2, 0) is 6.54 Å². The average molecular weight is 354 g/mol. The van der Waals surface area contributed by atoms with Crippen molar-refractivity contribution >= 4 is 22.3 Å². The molecule has 2 aromatic carbocycles. The molecule has 0 N–H and O–H groups in total. The minimum Gasteiger partial charge on any atom is -0.298 e. The van der Waals surface area contributed by atoms with Gasteiger partial charge in [-0.1, -0.05) is 49.4 Å². The van der Waals surface area contributed by atoms with Crippen molar-refractivity contribution in [2.24, 2.45) is 15.9 Å². The molecule has 0 radical (unpaired) electrons. The van der Waals surface area contributed by atoms with Gasteiger partial charge < -0.3 is 0 Å². The van der Waals surface area contributed by atoms with Crippen LogP contribution in [0.2, 0.25) is 0 Å². The van der Waals surface area contributed by atoms with E-state index in [1.54, 1.807) is 6.20 Å². The van der Waals surface area contributed by atoms with Crippen molar-refractivity contribution in [1.29, 1.82) is 0 Å². The van der Waals surface area contributed by atoms with Crippen LogP contribution in [0.25, 0.3) is 10.8 Å². The molecule has 0 atom stereocenters. The van der Waals surface area contributed by atoms with Crippen molar-refractivity contribution in [3.8, 4) is 0 Å². The van der Waals surface area contributed by atoms with E-state index in [4.69, 9.17) is 9.98 Å². The molecule has 2 aliphatic heterocycles. The Morgan fingerprint density at radius 1 is 0.963 bits per heavy atom. The van der Waals surface area contributed by atoms with E-state index in [0.717, 1.165) is 35.3 Å². The summed E-state index contributed by atoms with van der Waals surface area (Å²) in [5, 5.41) is 2.53. The number of hydrogen-bond acceptors (Lipinski definition) is 4. The lowest BCUT2D eigenvalue weighted by molar-refractivity contribution is 0.105. The summed E-state index contributed by atoms with van der Waals surface area (Å²) in [5.74, 6) is 1.64. The number of fused-ring (bicyclic) bond motifs is 1. The van der Waals surface area contributed by atoms with Gasteiger partial charge in [-0.25, -0.2) is 4.99 Å². The monoisotopic (exact) mass is 354 g/mol. The molecule has 3 heterocycles. The number of amidine groups is 1. The van der Waals surface area contributed by atoms with Crippen molar-refractivity contribution in [3.05, 3.63) is 77.6 Å². The van der Waals surface area contributed by atoms with Crippen LogP contribution in [0.1, 0.15) is 23.7 Å². The molecule has 0 amide bonds. The number of rotatable bonds is 4. The molecular formula is C23H22N4. The highest BCUT2D eigenvalue weighted by molar-refractivity contribution is 6.20. The van der Waals surface area contributed by atoms with E-state index in [2.05, 4.69) is 53.2 Å². The number of benzene rings is 2. The first-order valence-electron chi connectivity index (χ1n) is 9.55. The largest absolute Gasteiger partial charge is 0.298 e. The fraction of sp³-hybridized carbons (Fsp3) is 0.261. The molecule has 4 heteroatoms. The molecule has 0 spiro atoms. The smallest absolute Gasteiger partial charge is 0.156 e. The van der Waals surface area contributed by atoms with Crippen molar-refractivity contribution in [3.63, 3.8) is 0 Å². The topological polar surface area (TPSA) is 40.9 Å². The van der Waals surface area contributed by atoms with E-state index in [9.17, 15) is 0 Å². The van der Waals surface area contributed by atoms with E-state index in [-0.39, 0.29) is 0 Å². The molecular weight excluding hydrogens is 332 g/mol. The van der Waals surface area contributed by atoms with Gasteiger partial charge in [-0.2, -0.15) is 0 Å². The molecule has 1 saturated heterocycles. The van der Waals surface area contributed by atoms with E-state index in [0.29, 0.717) is 6.54 Å². The zero-order valence-electron chi connectivity index (χ0n) is 15.5. The SMILES string of the molecule is CC1CN(Cc2ccc(C3=NCC(c4ccccn4)=N3)c3ccccc23)C1. The molecule has 0 bridgehead atoms. The van der Waals surface area contributed by atoms with Crippen LogP contribution in [0.5, 0.6) is 0 Å². The van der Waals surface area contributed by atoms with Crippen LogP contribution < -0.4 is 0 Å². The molecule has 4 nitrogen and oxygen atoms in total. The third-order valence-corrected chi connectivity index (χ3v) is 5.37. The molecule has 2 aliphatic rings. The number of hydrogen-bond donors (Lipinski definition) is 0. The lowest BCUT2D eigenvalue weighted by atomic mass is 9.96. The Balaban J connectivity index is 1.50. The van der Waals surface area contributed by atoms with E-state index in [1.165, 1.54) is 29.4 Å². The van der Waals surface area contributed by atoms with Gasteiger partial charge in [0.25, 0.3) is 0 Å². The zero-order chi connectivity index (χ0) is 18.2. The summed E-state index contributed by atoms with van der Waals surface area (Å²) >= 11 is 0. The summed E-state index contributed by atoms with van der Waals surface area (Å²) in [6.45, 7) is 6.31. The lowest BCUT2D eigenvalue weighted by Gasteiger charge is -2.37. The molecule has 3 aromatic rings. The molecule has 27 heavy (non-hydrogen) atoms. The first kappa shape index (κ1) is 16.3. The third kappa shape index (κ3) is 3.06. The number of aliphatic imine (C=N–C) groups is 2. The number of nitrogens with zero attached hydrogens (tertiary/aromatic N) is 4. The first-order valence-corrected chi connectivity index (χ1v) is 9.55. The summed E-state index contributed by atoms with van der Waals surface area (Å²) in [7, 11) is 0. The fourth-order valence-electron chi connectivity index (χ4n) is 4.06. The summed E-state index contributed by atoms with van der Waals surface area (Å²) in [4.78, 5) is 16.4. The van der Waals surface area contributed by atoms with Crippen molar-refractivity contribution < 1.29 is 0 Å². The molecule has 1 aromatic heterocycles. The Kier molecular flexibility index (Phi) is 4.06. The highest BCUT2D eigenvalue weighted by atomic mass is 15.2. The van der Waals surface area contributed by atoms with Gasteiger partial charge in [0.2, 0.25) is 0 Å². The van der Waals surface area contributed by atoms with E-state index in [1.807, 2.05) is 18.2 Å². The average Bonchev–Trinajstić information content (AvgIpc) is 3.17. The van der Waals surface area contributed by atoms with Crippen LogP contribution in [0.3, 0.4) is 0 Å². The van der Waals surface area contributed by atoms with Gasteiger partial charge in [-0.05, 0) is 34.4 Å². The second-order valence-corrected chi connectivity index (χ2v) is 7.53. The van der Waals surface area contributed by atoms with Gasteiger partial charge in [0.15, 0.2) is 5.84 Å². The Labute approximate surface area is 159 Å². The molecule has 5 rings (SSSR count). The Morgan fingerprint density at radius 2 is 1.78 bits per heavy atom. The summed E-state index contributed by atoms with van der Waals surface area (Å²) in [5.41, 5.74) is 4.34. The summed E-state index contributed by atoms with van der Waals surface area (Å²) < 4.78 is 0. The van der Waals surface area contributed by atoms with Gasteiger partial charge in [0, 0.05) is 31.4 Å². The molecule has 134 valence electrons. The Morgan fingerprint density at radius 3 is 2.56 bits per heavy atom. The first-order chi connectivity index (χ1) is 13.3. The maximum atomic E-state index is 4.80. The second kappa shape index (κ2) is 6.71. The van der Waals surface area contributed by atoms with Crippen LogP contribution in [-0.4, -0.2) is 41.1 Å². The summed E-state index contributed by atoms with van der Waals surface area (Å²) in [6, 6.07) is 19.0. The Bertz CT molecular complexity index is 1050. The van der Waals surface area contributed by atoms with E-state index < -0.39 is 0 Å². The van der Waals surface area contributed by atoms with Gasteiger partial charge in [-0.15, -0.1) is 0 Å². The number of likely N-dealkylation sites (tertiary alicyclic amines) is 1. The molecule has 0 aliphatic carbocycles. The Hall–Kier alpha value is -2.85. The maximum absolute atomic E-state index is 4.80. The molecule has 0 unspecified atom stereocenters. The van der Waals surface area contributed by atoms with E-state index >= 15 is 0 Å². The minimum atomic E-state index is 0.591. The van der Waals surface area contributed by atoms with Gasteiger partial charge >= 0.3 is 0 Å². The van der Waals surface area contributed by atoms with Crippen LogP contribution in [0.4, 0.5) is 0 Å². The van der Waals surface area contributed by atoms with Gasteiger partial charge in [-0.3, -0.25) is 14.9 Å². The zero-order valence-corrected chi connectivity index (χ0v) is 15.5. The minimum absolute atomic E-state index is 0.591. The number of aromatic nitrogens is 1. The maximum Gasteiger partial charge on any atom is 0.156 e. The lowest BCUT2D eigenvalue weighted by Crippen LogP contribution is -2.44. The van der Waals surface area contributed by atoms with Crippen LogP contribution >= 0.6 is 0 Å². The van der Waals surface area contributed by atoms with Gasteiger partial charge in [0.1, 0.15) is 0 Å². The quantitative estimate of drug-likeness (QED) is 0.712. The highest BCUT2D eigenvalue weighted by Gasteiger charge is 2.23. The fourth-order valence-corrected chi connectivity index (χ4v) is 4.06. The van der Waals surface area contributed by atoms with Crippen molar-refractivity contribution in [2.75, 3.05) is 19.6 Å². The van der Waals surface area contributed by atoms with Gasteiger partial charge in [0.05, 0.1) is 18.0 Å². The molecule has 0 saturated carbocycles. The van der Waals surface area contributed by atoms with Crippen molar-refractivity contribution in [1.82, 2.24) is 9.88 Å². The second-order valence-electron chi connectivity index (χ2n) is 7.53.